The summed E-state index contributed by atoms with van der Waals surface area (Å²) in [5.41, 5.74) is 0.286. The molecule has 1 aromatic heterocycles. The van der Waals surface area contributed by atoms with Crippen molar-refractivity contribution in [3.8, 4) is 0 Å². The van der Waals surface area contributed by atoms with E-state index in [1.54, 1.807) is 12.0 Å². The lowest BCUT2D eigenvalue weighted by Gasteiger charge is -2.22. The van der Waals surface area contributed by atoms with Gasteiger partial charge in [0.05, 0.1) is 6.20 Å². The maximum absolute atomic E-state index is 12.4. The van der Waals surface area contributed by atoms with E-state index in [0.29, 0.717) is 32.7 Å². The number of ether oxygens (including phenoxy) is 1. The van der Waals surface area contributed by atoms with Crippen LogP contribution in [0.2, 0.25) is 0 Å². The van der Waals surface area contributed by atoms with Crippen LogP contribution in [-0.4, -0.2) is 60.0 Å². The molecule has 0 aliphatic carbocycles. The number of amides is 2. The molecule has 0 fully saturated rings. The van der Waals surface area contributed by atoms with Crippen molar-refractivity contribution in [3.05, 3.63) is 24.3 Å². The van der Waals surface area contributed by atoms with Crippen molar-refractivity contribution < 1.29 is 14.3 Å². The van der Waals surface area contributed by atoms with Crippen LogP contribution in [0.25, 0.3) is 0 Å². The van der Waals surface area contributed by atoms with Crippen molar-refractivity contribution in [3.63, 3.8) is 0 Å². The van der Waals surface area contributed by atoms with E-state index < -0.39 is 0 Å². The molecule has 1 aromatic rings. The van der Waals surface area contributed by atoms with Crippen molar-refractivity contribution >= 4 is 11.8 Å². The minimum atomic E-state index is -0.215. The van der Waals surface area contributed by atoms with Gasteiger partial charge in [-0.05, 0) is 12.8 Å². The quantitative estimate of drug-likeness (QED) is 0.648. The molecule has 0 atom stereocenters. The van der Waals surface area contributed by atoms with Crippen LogP contribution in [0.4, 0.5) is 0 Å². The third-order valence-electron chi connectivity index (χ3n) is 3.03. The number of aromatic nitrogens is 2. The molecule has 7 heteroatoms. The number of hydrogen-bond donors (Lipinski definition) is 1. The Morgan fingerprint density at radius 1 is 1.32 bits per heavy atom. The average molecular weight is 308 g/mol. The number of nitrogens with one attached hydrogen (secondary N) is 1. The zero-order valence-corrected chi connectivity index (χ0v) is 13.2. The first-order valence-corrected chi connectivity index (χ1v) is 7.50. The number of carbonyl (C=O) groups excluding carboxylic acids is 2. The molecule has 7 nitrogen and oxygen atoms in total. The van der Waals surface area contributed by atoms with Crippen molar-refractivity contribution in [2.24, 2.45) is 0 Å². The highest BCUT2D eigenvalue weighted by molar-refractivity contribution is 5.92. The number of carbonyl (C=O) groups is 2. The summed E-state index contributed by atoms with van der Waals surface area (Å²) in [5, 5.41) is 2.80. The highest BCUT2D eigenvalue weighted by Gasteiger charge is 2.17. The Hall–Kier alpha value is -2.02. The summed E-state index contributed by atoms with van der Waals surface area (Å²) in [6.45, 7) is 4.08. The Kier molecular flexibility index (Phi) is 8.74. The fourth-order valence-corrected chi connectivity index (χ4v) is 1.88. The molecular formula is C15H24N4O3. The Balaban J connectivity index is 2.59. The molecule has 0 aliphatic heterocycles. The first-order chi connectivity index (χ1) is 10.7. The van der Waals surface area contributed by atoms with Crippen molar-refractivity contribution in [1.82, 2.24) is 20.2 Å². The molecule has 0 aromatic carbocycles. The summed E-state index contributed by atoms with van der Waals surface area (Å²) in [7, 11) is 1.62. The van der Waals surface area contributed by atoms with Gasteiger partial charge in [0.25, 0.3) is 5.91 Å². The Labute approximate surface area is 131 Å². The maximum atomic E-state index is 12.4. The smallest absolute Gasteiger partial charge is 0.274 e. The van der Waals surface area contributed by atoms with Gasteiger partial charge in [-0.1, -0.05) is 6.92 Å². The second-order valence-electron chi connectivity index (χ2n) is 4.83. The van der Waals surface area contributed by atoms with Gasteiger partial charge in [0.15, 0.2) is 0 Å². The van der Waals surface area contributed by atoms with Crippen LogP contribution in [0.3, 0.4) is 0 Å². The summed E-state index contributed by atoms with van der Waals surface area (Å²) in [6, 6.07) is 0. The van der Waals surface area contributed by atoms with E-state index in [2.05, 4.69) is 15.3 Å². The van der Waals surface area contributed by atoms with Crippen LogP contribution in [0.1, 0.15) is 36.7 Å². The molecule has 0 saturated carbocycles. The van der Waals surface area contributed by atoms with Crippen LogP contribution in [0.5, 0.6) is 0 Å². The van der Waals surface area contributed by atoms with Gasteiger partial charge < -0.3 is 15.0 Å². The Morgan fingerprint density at radius 2 is 2.14 bits per heavy atom. The van der Waals surface area contributed by atoms with Crippen molar-refractivity contribution in [2.45, 2.75) is 26.2 Å². The molecule has 2 amide bonds. The van der Waals surface area contributed by atoms with E-state index >= 15 is 0 Å². The van der Waals surface area contributed by atoms with Crippen LogP contribution >= 0.6 is 0 Å². The van der Waals surface area contributed by atoms with E-state index in [4.69, 9.17) is 4.74 Å². The van der Waals surface area contributed by atoms with Gasteiger partial charge >= 0.3 is 0 Å². The maximum Gasteiger partial charge on any atom is 0.274 e. The summed E-state index contributed by atoms with van der Waals surface area (Å²) < 4.78 is 5.01. The van der Waals surface area contributed by atoms with E-state index in [-0.39, 0.29) is 23.9 Å². The summed E-state index contributed by atoms with van der Waals surface area (Å²) in [6.07, 6.45) is 6.31. The highest BCUT2D eigenvalue weighted by Crippen LogP contribution is 2.03. The number of methoxy groups -OCH3 is 1. The second-order valence-corrected chi connectivity index (χ2v) is 4.83. The average Bonchev–Trinajstić information content (AvgIpc) is 2.56. The molecule has 0 spiro atoms. The lowest BCUT2D eigenvalue weighted by molar-refractivity contribution is -0.121. The standard InChI is InChI=1S/C15H24N4O3/c1-3-6-18-14(20)5-10-19(9-4-11-22-2)15(21)13-12-16-7-8-17-13/h7-8,12H,3-6,9-11H2,1-2H3,(H,18,20). The van der Waals surface area contributed by atoms with Gasteiger partial charge in [-0.3, -0.25) is 14.6 Å². The first kappa shape index (κ1) is 18.0. The normalized spacial score (nSPS) is 10.3. The van der Waals surface area contributed by atoms with E-state index in [1.165, 1.54) is 18.6 Å². The summed E-state index contributed by atoms with van der Waals surface area (Å²) in [4.78, 5) is 33.7. The second kappa shape index (κ2) is 10.7. The summed E-state index contributed by atoms with van der Waals surface area (Å²) in [5.74, 6) is -0.266. The van der Waals surface area contributed by atoms with Crippen LogP contribution in [-0.2, 0) is 9.53 Å². The van der Waals surface area contributed by atoms with E-state index in [9.17, 15) is 9.59 Å². The van der Waals surface area contributed by atoms with Crippen molar-refractivity contribution in [2.75, 3.05) is 33.4 Å². The van der Waals surface area contributed by atoms with Gasteiger partial charge in [-0.25, -0.2) is 4.98 Å². The van der Waals surface area contributed by atoms with Gasteiger partial charge in [0.1, 0.15) is 5.69 Å². The predicted molar refractivity (Wildman–Crippen MR) is 82.3 cm³/mol. The minimum absolute atomic E-state index is 0.0504. The third kappa shape index (κ3) is 6.62. The molecule has 0 bridgehead atoms. The minimum Gasteiger partial charge on any atom is -0.385 e. The number of hydrogen-bond acceptors (Lipinski definition) is 5. The Morgan fingerprint density at radius 3 is 2.77 bits per heavy atom. The SMILES string of the molecule is CCCNC(=O)CCN(CCCOC)C(=O)c1cnccn1. The largest absolute Gasteiger partial charge is 0.385 e. The number of nitrogens with zero attached hydrogens (tertiary/aromatic N) is 3. The number of rotatable bonds is 10. The Bertz CT molecular complexity index is 453. The van der Waals surface area contributed by atoms with E-state index in [1.807, 2.05) is 6.92 Å². The van der Waals surface area contributed by atoms with Crippen LogP contribution < -0.4 is 5.32 Å². The third-order valence-corrected chi connectivity index (χ3v) is 3.03. The van der Waals surface area contributed by atoms with Crippen molar-refractivity contribution in [1.29, 1.82) is 0 Å². The molecule has 0 unspecified atom stereocenters. The molecular weight excluding hydrogens is 284 g/mol. The molecule has 0 radical (unpaired) electrons. The molecule has 122 valence electrons. The van der Waals surface area contributed by atoms with Crippen LogP contribution in [0.15, 0.2) is 18.6 Å². The molecule has 1 rings (SSSR count). The molecule has 22 heavy (non-hydrogen) atoms. The predicted octanol–water partition coefficient (Wildman–Crippen LogP) is 0.872. The zero-order chi connectivity index (χ0) is 16.2. The summed E-state index contributed by atoms with van der Waals surface area (Å²) >= 11 is 0. The lowest BCUT2D eigenvalue weighted by Crippen LogP contribution is -2.37. The topological polar surface area (TPSA) is 84.4 Å². The monoisotopic (exact) mass is 308 g/mol. The van der Waals surface area contributed by atoms with Gasteiger partial charge in [0.2, 0.25) is 5.91 Å². The fourth-order valence-electron chi connectivity index (χ4n) is 1.88. The molecule has 0 saturated heterocycles. The lowest BCUT2D eigenvalue weighted by atomic mass is 10.3. The first-order valence-electron chi connectivity index (χ1n) is 7.50. The van der Waals surface area contributed by atoms with Gasteiger partial charge in [-0.15, -0.1) is 0 Å². The zero-order valence-electron chi connectivity index (χ0n) is 13.2. The molecule has 0 aliphatic rings. The van der Waals surface area contributed by atoms with E-state index in [0.717, 1.165) is 6.42 Å². The highest BCUT2D eigenvalue weighted by atomic mass is 16.5. The van der Waals surface area contributed by atoms with Gasteiger partial charge in [-0.2, -0.15) is 0 Å². The van der Waals surface area contributed by atoms with Crippen LogP contribution in [0, 0.1) is 0 Å². The fraction of sp³-hybridized carbons (Fsp3) is 0.600. The van der Waals surface area contributed by atoms with Gasteiger partial charge in [0, 0.05) is 52.2 Å². The molecule has 1 heterocycles. The molecule has 1 N–H and O–H groups in total.